The van der Waals surface area contributed by atoms with E-state index in [1.165, 1.54) is 6.42 Å². The van der Waals surface area contributed by atoms with E-state index in [4.69, 9.17) is 5.73 Å². The molecule has 1 amide bonds. The minimum absolute atomic E-state index is 0.244. The first kappa shape index (κ1) is 11.9. The number of aromatic nitrogens is 1. The molecule has 0 bridgehead atoms. The average Bonchev–Trinajstić information content (AvgIpc) is 2.37. The van der Waals surface area contributed by atoms with Crippen molar-refractivity contribution in [3.8, 4) is 0 Å². The van der Waals surface area contributed by atoms with Crippen LogP contribution in [0.1, 0.15) is 31.4 Å². The van der Waals surface area contributed by atoms with Gasteiger partial charge < -0.3 is 10.6 Å². The van der Waals surface area contributed by atoms with E-state index in [2.05, 4.69) is 4.98 Å². The molecular weight excluding hydrogens is 214 g/mol. The molecule has 92 valence electrons. The van der Waals surface area contributed by atoms with Gasteiger partial charge in [0.25, 0.3) is 0 Å². The summed E-state index contributed by atoms with van der Waals surface area (Å²) in [6, 6.07) is 5.55. The highest BCUT2D eigenvalue weighted by molar-refractivity contribution is 5.76. The number of rotatable bonds is 3. The van der Waals surface area contributed by atoms with Gasteiger partial charge in [0.05, 0.1) is 0 Å². The van der Waals surface area contributed by atoms with E-state index in [1.54, 1.807) is 6.07 Å². The van der Waals surface area contributed by atoms with E-state index < -0.39 is 0 Å². The van der Waals surface area contributed by atoms with Crippen LogP contribution in [0.2, 0.25) is 0 Å². The Kier molecular flexibility index (Phi) is 3.96. The van der Waals surface area contributed by atoms with Crippen LogP contribution in [0.4, 0.5) is 5.82 Å². The highest BCUT2D eigenvalue weighted by atomic mass is 16.2. The van der Waals surface area contributed by atoms with E-state index in [-0.39, 0.29) is 5.91 Å². The molecule has 0 unspecified atom stereocenters. The van der Waals surface area contributed by atoms with Gasteiger partial charge in [-0.1, -0.05) is 6.07 Å². The third-order valence-electron chi connectivity index (χ3n) is 3.13. The van der Waals surface area contributed by atoms with Crippen LogP contribution in [-0.2, 0) is 11.2 Å². The number of anilines is 1. The number of nitrogens with two attached hydrogens (primary N) is 1. The summed E-state index contributed by atoms with van der Waals surface area (Å²) in [5.74, 6) is 0.766. The van der Waals surface area contributed by atoms with Crippen molar-refractivity contribution >= 4 is 11.7 Å². The van der Waals surface area contributed by atoms with Crippen LogP contribution < -0.4 is 5.73 Å². The standard InChI is InChI=1S/C13H19N3O/c14-12-6-4-5-11(15-12)7-8-13(17)16-9-2-1-3-10-16/h4-6H,1-3,7-10H2,(H2,14,15). The predicted molar refractivity (Wildman–Crippen MR) is 67.4 cm³/mol. The van der Waals surface area contributed by atoms with Crippen LogP contribution >= 0.6 is 0 Å². The first-order valence-corrected chi connectivity index (χ1v) is 6.25. The van der Waals surface area contributed by atoms with Crippen LogP contribution in [0.3, 0.4) is 0 Å². The molecular formula is C13H19N3O. The summed E-state index contributed by atoms with van der Waals surface area (Å²) in [5.41, 5.74) is 6.50. The number of amides is 1. The number of piperidine rings is 1. The van der Waals surface area contributed by atoms with Gasteiger partial charge in [-0.3, -0.25) is 4.79 Å². The van der Waals surface area contributed by atoms with E-state index in [0.29, 0.717) is 18.7 Å². The molecule has 2 N–H and O–H groups in total. The summed E-state index contributed by atoms with van der Waals surface area (Å²) in [6.07, 6.45) is 4.75. The van der Waals surface area contributed by atoms with Crippen LogP contribution in [0.25, 0.3) is 0 Å². The van der Waals surface area contributed by atoms with Crippen molar-refractivity contribution in [1.29, 1.82) is 0 Å². The number of nitrogens with zero attached hydrogens (tertiary/aromatic N) is 2. The molecule has 0 spiro atoms. The second kappa shape index (κ2) is 5.66. The first-order chi connectivity index (χ1) is 8.25. The molecule has 2 rings (SSSR count). The van der Waals surface area contributed by atoms with Gasteiger partial charge >= 0.3 is 0 Å². The Balaban J connectivity index is 1.83. The van der Waals surface area contributed by atoms with Gasteiger partial charge in [0.1, 0.15) is 5.82 Å². The topological polar surface area (TPSA) is 59.2 Å². The summed E-state index contributed by atoms with van der Waals surface area (Å²) in [5, 5.41) is 0. The van der Waals surface area contributed by atoms with Gasteiger partial charge in [-0.05, 0) is 37.8 Å². The van der Waals surface area contributed by atoms with Gasteiger partial charge in [0.2, 0.25) is 5.91 Å². The molecule has 0 atom stereocenters. The maximum absolute atomic E-state index is 11.9. The van der Waals surface area contributed by atoms with Gasteiger partial charge in [0, 0.05) is 25.2 Å². The molecule has 0 radical (unpaired) electrons. The van der Waals surface area contributed by atoms with Crippen molar-refractivity contribution in [2.45, 2.75) is 32.1 Å². The maximum atomic E-state index is 11.9. The van der Waals surface area contributed by atoms with Crippen molar-refractivity contribution in [1.82, 2.24) is 9.88 Å². The summed E-state index contributed by atoms with van der Waals surface area (Å²) in [7, 11) is 0. The molecule has 0 aliphatic carbocycles. The van der Waals surface area contributed by atoms with E-state index in [9.17, 15) is 4.79 Å². The lowest BCUT2D eigenvalue weighted by molar-refractivity contribution is -0.132. The van der Waals surface area contributed by atoms with Crippen molar-refractivity contribution in [3.05, 3.63) is 23.9 Å². The van der Waals surface area contributed by atoms with Crippen LogP contribution in [0, 0.1) is 0 Å². The minimum Gasteiger partial charge on any atom is -0.384 e. The first-order valence-electron chi connectivity index (χ1n) is 6.25. The molecule has 4 heteroatoms. The number of carbonyl (C=O) groups is 1. The van der Waals surface area contributed by atoms with Crippen LogP contribution in [-0.4, -0.2) is 28.9 Å². The van der Waals surface area contributed by atoms with Crippen LogP contribution in [0.5, 0.6) is 0 Å². The van der Waals surface area contributed by atoms with Gasteiger partial charge in [-0.2, -0.15) is 0 Å². The number of pyridine rings is 1. The number of hydrogen-bond donors (Lipinski definition) is 1. The van der Waals surface area contributed by atoms with E-state index >= 15 is 0 Å². The number of hydrogen-bond acceptors (Lipinski definition) is 3. The monoisotopic (exact) mass is 233 g/mol. The molecule has 2 heterocycles. The summed E-state index contributed by atoms with van der Waals surface area (Å²) in [6.45, 7) is 1.84. The molecule has 0 saturated carbocycles. The Hall–Kier alpha value is -1.58. The zero-order valence-electron chi connectivity index (χ0n) is 10.1. The molecule has 1 aromatic rings. The molecule has 1 fully saturated rings. The second-order valence-corrected chi connectivity index (χ2v) is 4.50. The van der Waals surface area contributed by atoms with E-state index in [1.807, 2.05) is 17.0 Å². The lowest BCUT2D eigenvalue weighted by Crippen LogP contribution is -2.35. The third-order valence-corrected chi connectivity index (χ3v) is 3.13. The molecule has 0 aromatic carbocycles. The fourth-order valence-corrected chi connectivity index (χ4v) is 2.17. The van der Waals surface area contributed by atoms with Crippen molar-refractivity contribution in [2.24, 2.45) is 0 Å². The van der Waals surface area contributed by atoms with Crippen molar-refractivity contribution in [2.75, 3.05) is 18.8 Å². The predicted octanol–water partition coefficient (Wildman–Crippen LogP) is 1.61. The van der Waals surface area contributed by atoms with Gasteiger partial charge in [0.15, 0.2) is 0 Å². The fourth-order valence-electron chi connectivity index (χ4n) is 2.17. The summed E-state index contributed by atoms with van der Waals surface area (Å²) >= 11 is 0. The smallest absolute Gasteiger partial charge is 0.222 e. The number of carbonyl (C=O) groups excluding carboxylic acids is 1. The minimum atomic E-state index is 0.244. The largest absolute Gasteiger partial charge is 0.384 e. The maximum Gasteiger partial charge on any atom is 0.222 e. The zero-order chi connectivity index (χ0) is 12.1. The van der Waals surface area contributed by atoms with Crippen molar-refractivity contribution in [3.63, 3.8) is 0 Å². The molecule has 4 nitrogen and oxygen atoms in total. The lowest BCUT2D eigenvalue weighted by Gasteiger charge is -2.26. The Morgan fingerprint density at radius 3 is 2.76 bits per heavy atom. The van der Waals surface area contributed by atoms with Crippen molar-refractivity contribution < 1.29 is 4.79 Å². The Morgan fingerprint density at radius 1 is 1.29 bits per heavy atom. The Bertz CT molecular complexity index is 386. The SMILES string of the molecule is Nc1cccc(CCC(=O)N2CCCCC2)n1. The van der Waals surface area contributed by atoms with Gasteiger partial charge in [-0.25, -0.2) is 4.98 Å². The average molecular weight is 233 g/mol. The molecule has 17 heavy (non-hydrogen) atoms. The molecule has 1 saturated heterocycles. The highest BCUT2D eigenvalue weighted by Crippen LogP contribution is 2.11. The Labute approximate surface area is 102 Å². The molecule has 1 aromatic heterocycles. The van der Waals surface area contributed by atoms with Crippen LogP contribution in [0.15, 0.2) is 18.2 Å². The number of likely N-dealkylation sites (tertiary alicyclic amines) is 1. The normalized spacial score (nSPS) is 15.9. The summed E-state index contributed by atoms with van der Waals surface area (Å²) in [4.78, 5) is 18.1. The number of aryl methyl sites for hydroxylation is 1. The van der Waals surface area contributed by atoms with Gasteiger partial charge in [-0.15, -0.1) is 0 Å². The fraction of sp³-hybridized carbons (Fsp3) is 0.538. The highest BCUT2D eigenvalue weighted by Gasteiger charge is 2.16. The zero-order valence-corrected chi connectivity index (χ0v) is 10.1. The molecule has 1 aliphatic rings. The third kappa shape index (κ3) is 3.44. The summed E-state index contributed by atoms with van der Waals surface area (Å²) < 4.78 is 0. The second-order valence-electron chi connectivity index (χ2n) is 4.50. The molecule has 1 aliphatic heterocycles. The Morgan fingerprint density at radius 2 is 2.06 bits per heavy atom. The lowest BCUT2D eigenvalue weighted by atomic mass is 10.1. The number of nitrogen functional groups attached to an aromatic ring is 1. The quantitative estimate of drug-likeness (QED) is 0.862. The van der Waals surface area contributed by atoms with E-state index in [0.717, 1.165) is 31.6 Å².